The molecule has 0 aromatic rings. The summed E-state index contributed by atoms with van der Waals surface area (Å²) in [6, 6.07) is -0.230. The molecule has 8 heteroatoms. The molecule has 32 heavy (non-hydrogen) atoms. The Morgan fingerprint density at radius 1 is 0.688 bits per heavy atom. The maximum absolute atomic E-state index is 11.8. The highest BCUT2D eigenvalue weighted by Gasteiger charge is 2.11. The van der Waals surface area contributed by atoms with E-state index in [-0.39, 0.29) is 17.1 Å². The number of aliphatic carboxylic acids is 1. The first kappa shape index (κ1) is 31.4. The zero-order valence-corrected chi connectivity index (χ0v) is 22.0. The van der Waals surface area contributed by atoms with Crippen molar-refractivity contribution >= 4 is 39.0 Å². The van der Waals surface area contributed by atoms with E-state index in [1.807, 2.05) is 0 Å². The Balaban J connectivity index is 3.26. The largest absolute Gasteiger partial charge is 0.481 e. The number of hydrogen-bond donors (Lipinski definition) is 4. The molecule has 0 aliphatic carbocycles. The fraction of sp³-hybridized carbons (Fsp3) is 0.875. The van der Waals surface area contributed by atoms with Crippen LogP contribution in [0.1, 0.15) is 122 Å². The molecule has 0 saturated carbocycles. The van der Waals surface area contributed by atoms with Crippen LogP contribution in [-0.4, -0.2) is 34.7 Å². The Morgan fingerprint density at radius 3 is 1.53 bits per heavy atom. The van der Waals surface area contributed by atoms with Crippen LogP contribution >= 0.6 is 22.0 Å². The van der Waals surface area contributed by atoms with Gasteiger partial charge in [0.05, 0.1) is 6.04 Å². The monoisotopic (exact) mass is 490 g/mol. The van der Waals surface area contributed by atoms with Crippen molar-refractivity contribution in [1.29, 1.82) is 0 Å². The van der Waals surface area contributed by atoms with E-state index in [9.17, 15) is 14.4 Å². The molecule has 6 nitrogen and oxygen atoms in total. The normalized spacial score (nSPS) is 11.9. The molecular weight excluding hydrogens is 443 g/mol. The lowest BCUT2D eigenvalue weighted by Gasteiger charge is -2.11. The van der Waals surface area contributed by atoms with Crippen LogP contribution in [0.3, 0.4) is 0 Å². The maximum atomic E-state index is 11.8. The van der Waals surface area contributed by atoms with E-state index in [1.54, 1.807) is 0 Å². The number of nitrogens with one attached hydrogen (secondary N) is 2. The van der Waals surface area contributed by atoms with Gasteiger partial charge in [-0.25, -0.2) is 0 Å². The molecule has 0 saturated heterocycles. The average Bonchev–Trinajstić information content (AvgIpc) is 2.75. The van der Waals surface area contributed by atoms with Crippen molar-refractivity contribution in [2.75, 3.05) is 6.54 Å². The molecule has 0 heterocycles. The van der Waals surface area contributed by atoms with E-state index in [0.29, 0.717) is 19.4 Å². The van der Waals surface area contributed by atoms with E-state index in [1.165, 1.54) is 64.2 Å². The number of amides is 1. The van der Waals surface area contributed by atoms with Crippen LogP contribution in [-0.2, 0) is 14.4 Å². The van der Waals surface area contributed by atoms with Gasteiger partial charge in [0.25, 0.3) is 0 Å². The van der Waals surface area contributed by atoms with E-state index in [0.717, 1.165) is 44.9 Å². The smallest absolute Gasteiger partial charge is 0.303 e. The SMILES string of the molecule is O=C(O)CCCCCCCCCCCCCCCCC(=O)NCCCC[C@@H](NP)C(=O)S. The molecule has 0 aromatic carbocycles. The standard InChI is InChI=1S/C24H47N2O4PS/c27-22(25-20-16-15-17-21(26-31)24(30)32)18-13-11-9-7-5-3-1-2-4-6-8-10-12-14-19-23(28)29/h21,26H,1-20,31H2,(H,25,27)(H,28,29)(H,30,32)/t21-/m1/s1. The van der Waals surface area contributed by atoms with E-state index in [4.69, 9.17) is 5.11 Å². The van der Waals surface area contributed by atoms with Gasteiger partial charge in [0.1, 0.15) is 0 Å². The highest BCUT2D eigenvalue weighted by molar-refractivity contribution is 7.96. The van der Waals surface area contributed by atoms with Crippen molar-refractivity contribution in [3.05, 3.63) is 0 Å². The van der Waals surface area contributed by atoms with Crippen molar-refractivity contribution in [2.45, 2.75) is 128 Å². The number of unbranched alkanes of at least 4 members (excludes halogenated alkanes) is 14. The Morgan fingerprint density at radius 2 is 1.12 bits per heavy atom. The Hall–Kier alpha value is -0.650. The molecule has 188 valence electrons. The van der Waals surface area contributed by atoms with Crippen LogP contribution in [0.25, 0.3) is 0 Å². The summed E-state index contributed by atoms with van der Waals surface area (Å²) in [4.78, 5) is 33.5. The van der Waals surface area contributed by atoms with Crippen LogP contribution < -0.4 is 10.4 Å². The minimum Gasteiger partial charge on any atom is -0.481 e. The Bertz CT molecular complexity index is 495. The molecule has 2 atom stereocenters. The summed E-state index contributed by atoms with van der Waals surface area (Å²) >= 11 is 3.84. The summed E-state index contributed by atoms with van der Waals surface area (Å²) in [5, 5.41) is 14.3. The summed E-state index contributed by atoms with van der Waals surface area (Å²) in [5.74, 6) is -0.543. The predicted octanol–water partition coefficient (Wildman–Crippen LogP) is 5.80. The zero-order chi connectivity index (χ0) is 23.9. The molecule has 0 rings (SSSR count). The summed E-state index contributed by atoms with van der Waals surface area (Å²) in [6.45, 7) is 0.674. The number of rotatable bonds is 24. The van der Waals surface area contributed by atoms with E-state index < -0.39 is 5.97 Å². The number of carboxylic acid groups (broad SMARTS) is 1. The van der Waals surface area contributed by atoms with Gasteiger partial charge in [-0.05, 0) is 32.1 Å². The second-order valence-corrected chi connectivity index (χ2v) is 9.52. The summed E-state index contributed by atoms with van der Waals surface area (Å²) in [6.07, 6.45) is 20.1. The molecular formula is C24H47N2O4PS. The van der Waals surface area contributed by atoms with Crippen LogP contribution in [0, 0.1) is 0 Å². The van der Waals surface area contributed by atoms with Crippen molar-refractivity contribution in [1.82, 2.24) is 10.4 Å². The molecule has 0 aliphatic heterocycles. The minimum absolute atomic E-state index is 0.137. The van der Waals surface area contributed by atoms with Gasteiger partial charge in [-0.2, -0.15) is 0 Å². The molecule has 1 unspecified atom stereocenters. The molecule has 0 radical (unpaired) electrons. The van der Waals surface area contributed by atoms with Crippen molar-refractivity contribution in [2.24, 2.45) is 0 Å². The maximum Gasteiger partial charge on any atom is 0.303 e. The molecule has 0 bridgehead atoms. The second-order valence-electron chi connectivity index (χ2n) is 8.75. The lowest BCUT2D eigenvalue weighted by molar-refractivity contribution is -0.137. The van der Waals surface area contributed by atoms with Crippen molar-refractivity contribution in [3.8, 4) is 0 Å². The molecule has 3 N–H and O–H groups in total. The highest BCUT2D eigenvalue weighted by Crippen LogP contribution is 2.14. The summed E-state index contributed by atoms with van der Waals surface area (Å²) in [5.41, 5.74) is 0. The number of hydrogen-bond acceptors (Lipinski definition) is 4. The molecule has 0 fully saturated rings. The van der Waals surface area contributed by atoms with E-state index >= 15 is 0 Å². The first-order valence-corrected chi connectivity index (χ1v) is 13.7. The molecule has 0 spiro atoms. The number of thiol groups is 1. The third kappa shape index (κ3) is 22.5. The molecule has 0 aliphatic rings. The van der Waals surface area contributed by atoms with Gasteiger partial charge in [0, 0.05) is 19.4 Å². The lowest BCUT2D eigenvalue weighted by atomic mass is 10.0. The van der Waals surface area contributed by atoms with Gasteiger partial charge < -0.3 is 10.4 Å². The molecule has 1 amide bonds. The lowest BCUT2D eigenvalue weighted by Crippen LogP contribution is -2.28. The van der Waals surface area contributed by atoms with Gasteiger partial charge in [-0.3, -0.25) is 19.5 Å². The topological polar surface area (TPSA) is 95.5 Å². The van der Waals surface area contributed by atoms with Crippen molar-refractivity contribution in [3.63, 3.8) is 0 Å². The van der Waals surface area contributed by atoms with Crippen molar-refractivity contribution < 1.29 is 19.5 Å². The number of carbonyl (C=O) groups is 3. The third-order valence-corrected chi connectivity index (χ3v) is 6.50. The van der Waals surface area contributed by atoms with Gasteiger partial charge in [-0.1, -0.05) is 86.4 Å². The first-order chi connectivity index (χ1) is 15.5. The van der Waals surface area contributed by atoms with Gasteiger partial charge in [-0.15, -0.1) is 12.6 Å². The fourth-order valence-electron chi connectivity index (χ4n) is 3.75. The molecule has 0 aromatic heterocycles. The van der Waals surface area contributed by atoms with Crippen LogP contribution in [0.5, 0.6) is 0 Å². The first-order valence-electron chi connectivity index (χ1n) is 12.6. The summed E-state index contributed by atoms with van der Waals surface area (Å²) in [7, 11) is 2.35. The number of carbonyl (C=O) groups excluding carboxylic acids is 2. The zero-order valence-electron chi connectivity index (χ0n) is 19.9. The van der Waals surface area contributed by atoms with E-state index in [2.05, 4.69) is 32.4 Å². The van der Waals surface area contributed by atoms with Gasteiger partial charge in [0.2, 0.25) is 11.0 Å². The summed E-state index contributed by atoms with van der Waals surface area (Å²) < 4.78 is 0. The Labute approximate surface area is 203 Å². The number of carboxylic acids is 1. The third-order valence-electron chi connectivity index (χ3n) is 5.79. The fourth-order valence-corrected chi connectivity index (χ4v) is 4.41. The quantitative estimate of drug-likeness (QED) is 0.0779. The second kappa shape index (κ2) is 23.5. The van der Waals surface area contributed by atoms with Gasteiger partial charge in [0.15, 0.2) is 0 Å². The average molecular weight is 491 g/mol. The minimum atomic E-state index is -0.680. The van der Waals surface area contributed by atoms with Crippen LogP contribution in [0.2, 0.25) is 0 Å². The van der Waals surface area contributed by atoms with Crippen LogP contribution in [0.15, 0.2) is 0 Å². The highest BCUT2D eigenvalue weighted by atomic mass is 32.1. The van der Waals surface area contributed by atoms with Crippen LogP contribution in [0.4, 0.5) is 0 Å². The predicted molar refractivity (Wildman–Crippen MR) is 139 cm³/mol. The van der Waals surface area contributed by atoms with Gasteiger partial charge >= 0.3 is 5.97 Å². The Kier molecular flexibility index (Phi) is 23.0.